The number of carbonyl (C=O) groups is 3. The first-order valence-electron chi connectivity index (χ1n) is 9.43. The molecule has 1 aromatic carbocycles. The molecule has 0 aliphatic carbocycles. The van der Waals surface area contributed by atoms with Crippen molar-refractivity contribution in [3.8, 4) is 0 Å². The number of esters is 1. The Balaban J connectivity index is 1.51. The van der Waals surface area contributed by atoms with Gasteiger partial charge in [0.25, 0.3) is 5.91 Å². The van der Waals surface area contributed by atoms with Crippen LogP contribution < -0.4 is 10.2 Å². The summed E-state index contributed by atoms with van der Waals surface area (Å²) in [7, 11) is 1.65. The number of hydrogen-bond donors (Lipinski definition) is 1. The molecule has 7 heteroatoms. The molecule has 2 heterocycles. The fourth-order valence-electron chi connectivity index (χ4n) is 3.27. The third-order valence-corrected chi connectivity index (χ3v) is 4.83. The van der Waals surface area contributed by atoms with Crippen LogP contribution >= 0.6 is 0 Å². The Hall–Kier alpha value is -3.09. The number of rotatable bonds is 6. The standard InChI is InChI=1S/C21H25N3O4/c1-15(25)16-12-19(23(2)13-16)21(27)28-14-20(26)22-17-6-8-18(9-7-17)24-10-4-3-5-11-24/h6-9,12-13H,3-5,10-11,14H2,1-2H3,(H,22,26). The molecule has 1 N–H and O–H groups in total. The van der Waals surface area contributed by atoms with Gasteiger partial charge in [0.2, 0.25) is 0 Å². The van der Waals surface area contributed by atoms with Gasteiger partial charge in [0, 0.05) is 43.3 Å². The molecule has 1 aromatic heterocycles. The summed E-state index contributed by atoms with van der Waals surface area (Å²) in [5.74, 6) is -1.20. The number of piperidine rings is 1. The quantitative estimate of drug-likeness (QED) is 0.613. The Morgan fingerprint density at radius 1 is 1.07 bits per heavy atom. The number of Topliss-reactive ketones (excluding diaryl/α,β-unsaturated/α-hetero) is 1. The van der Waals surface area contributed by atoms with Gasteiger partial charge in [0.1, 0.15) is 5.69 Å². The average Bonchev–Trinajstić information content (AvgIpc) is 3.09. The van der Waals surface area contributed by atoms with Crippen LogP contribution in [0.5, 0.6) is 0 Å². The molecule has 148 valence electrons. The minimum absolute atomic E-state index is 0.139. The van der Waals surface area contributed by atoms with Gasteiger partial charge in [-0.25, -0.2) is 4.79 Å². The van der Waals surface area contributed by atoms with Crippen molar-refractivity contribution in [1.82, 2.24) is 4.57 Å². The van der Waals surface area contributed by atoms with E-state index in [9.17, 15) is 14.4 Å². The molecule has 1 aliphatic rings. The highest BCUT2D eigenvalue weighted by molar-refractivity contribution is 5.99. The second kappa shape index (κ2) is 8.73. The van der Waals surface area contributed by atoms with Crippen LogP contribution in [0.3, 0.4) is 0 Å². The van der Waals surface area contributed by atoms with Crippen LogP contribution in [0.25, 0.3) is 0 Å². The fraction of sp³-hybridized carbons (Fsp3) is 0.381. The van der Waals surface area contributed by atoms with Crippen LogP contribution in [-0.2, 0) is 16.6 Å². The lowest BCUT2D eigenvalue weighted by Crippen LogP contribution is -2.29. The summed E-state index contributed by atoms with van der Waals surface area (Å²) in [4.78, 5) is 37.9. The number of aromatic nitrogens is 1. The van der Waals surface area contributed by atoms with Gasteiger partial charge in [-0.3, -0.25) is 9.59 Å². The molecule has 1 fully saturated rings. The molecule has 2 aromatic rings. The molecule has 0 spiro atoms. The maximum atomic E-state index is 12.1. The normalized spacial score (nSPS) is 13.9. The second-order valence-corrected chi connectivity index (χ2v) is 7.00. The molecule has 3 rings (SSSR count). The zero-order valence-electron chi connectivity index (χ0n) is 16.2. The average molecular weight is 383 g/mol. The first-order chi connectivity index (χ1) is 13.4. The number of nitrogens with zero attached hydrogens (tertiary/aromatic N) is 2. The SMILES string of the molecule is CC(=O)c1cc(C(=O)OCC(=O)Nc2ccc(N3CCCCC3)cc2)n(C)c1. The number of carbonyl (C=O) groups excluding carboxylic acids is 3. The molecule has 1 amide bonds. The summed E-state index contributed by atoms with van der Waals surface area (Å²) in [5.41, 5.74) is 2.45. The zero-order chi connectivity index (χ0) is 20.1. The molecule has 1 saturated heterocycles. The smallest absolute Gasteiger partial charge is 0.355 e. The number of ether oxygens (including phenoxy) is 1. The summed E-state index contributed by atoms with van der Waals surface area (Å²) in [6.07, 6.45) is 5.25. The van der Waals surface area contributed by atoms with Crippen LogP contribution in [-0.4, -0.2) is 41.9 Å². The zero-order valence-corrected chi connectivity index (χ0v) is 16.2. The highest BCUT2D eigenvalue weighted by atomic mass is 16.5. The lowest BCUT2D eigenvalue weighted by molar-refractivity contribution is -0.119. The van der Waals surface area contributed by atoms with Gasteiger partial charge in [-0.1, -0.05) is 0 Å². The van der Waals surface area contributed by atoms with Crippen LogP contribution in [0.4, 0.5) is 11.4 Å². The highest BCUT2D eigenvalue weighted by Crippen LogP contribution is 2.21. The molecular weight excluding hydrogens is 358 g/mol. The molecular formula is C21H25N3O4. The van der Waals surface area contributed by atoms with Gasteiger partial charge in [0.15, 0.2) is 12.4 Å². The topological polar surface area (TPSA) is 80.6 Å². The van der Waals surface area contributed by atoms with E-state index < -0.39 is 18.5 Å². The third kappa shape index (κ3) is 4.79. The van der Waals surface area contributed by atoms with E-state index in [0.29, 0.717) is 11.3 Å². The first-order valence-corrected chi connectivity index (χ1v) is 9.43. The second-order valence-electron chi connectivity index (χ2n) is 7.00. The number of benzene rings is 1. The number of hydrogen-bond acceptors (Lipinski definition) is 5. The number of aryl methyl sites for hydroxylation is 1. The highest BCUT2D eigenvalue weighted by Gasteiger charge is 2.17. The Kier molecular flexibility index (Phi) is 6.13. The van der Waals surface area contributed by atoms with Crippen LogP contribution in [0.2, 0.25) is 0 Å². The summed E-state index contributed by atoms with van der Waals surface area (Å²) in [6.45, 7) is 3.15. The van der Waals surface area contributed by atoms with Gasteiger partial charge in [-0.05, 0) is 56.5 Å². The van der Waals surface area contributed by atoms with Gasteiger partial charge in [0.05, 0.1) is 0 Å². The van der Waals surface area contributed by atoms with Gasteiger partial charge < -0.3 is 19.5 Å². The van der Waals surface area contributed by atoms with Crippen molar-refractivity contribution < 1.29 is 19.1 Å². The lowest BCUT2D eigenvalue weighted by atomic mass is 10.1. The predicted molar refractivity (Wildman–Crippen MR) is 107 cm³/mol. The van der Waals surface area contributed by atoms with E-state index >= 15 is 0 Å². The largest absolute Gasteiger partial charge is 0.451 e. The Labute approximate surface area is 164 Å². The Morgan fingerprint density at radius 3 is 2.36 bits per heavy atom. The summed E-state index contributed by atoms with van der Waals surface area (Å²) in [6, 6.07) is 9.13. The third-order valence-electron chi connectivity index (χ3n) is 4.83. The Morgan fingerprint density at radius 2 is 1.75 bits per heavy atom. The monoisotopic (exact) mass is 383 g/mol. The molecule has 0 atom stereocenters. The van der Waals surface area contributed by atoms with Crippen molar-refractivity contribution in [1.29, 1.82) is 0 Å². The van der Waals surface area contributed by atoms with Crippen molar-refractivity contribution in [3.05, 3.63) is 47.8 Å². The van der Waals surface area contributed by atoms with Crippen molar-refractivity contribution in [2.75, 3.05) is 29.9 Å². The molecule has 0 radical (unpaired) electrons. The summed E-state index contributed by atoms with van der Waals surface area (Å²) in [5, 5.41) is 2.72. The van der Waals surface area contributed by atoms with E-state index in [-0.39, 0.29) is 11.5 Å². The van der Waals surface area contributed by atoms with Crippen molar-refractivity contribution in [3.63, 3.8) is 0 Å². The van der Waals surface area contributed by atoms with E-state index in [1.165, 1.54) is 36.8 Å². The first kappa shape index (κ1) is 19.7. The molecule has 1 aliphatic heterocycles. The number of nitrogens with one attached hydrogen (secondary N) is 1. The molecule has 0 unspecified atom stereocenters. The summed E-state index contributed by atoms with van der Waals surface area (Å²) < 4.78 is 6.57. The fourth-order valence-corrected chi connectivity index (χ4v) is 3.27. The van der Waals surface area contributed by atoms with Crippen molar-refractivity contribution >= 4 is 29.0 Å². The van der Waals surface area contributed by atoms with E-state index in [2.05, 4.69) is 10.2 Å². The molecule has 7 nitrogen and oxygen atoms in total. The van der Waals surface area contributed by atoms with Gasteiger partial charge in [-0.15, -0.1) is 0 Å². The van der Waals surface area contributed by atoms with Gasteiger partial charge >= 0.3 is 5.97 Å². The number of anilines is 2. The predicted octanol–water partition coefficient (Wildman–Crippen LogP) is 3.01. The van der Waals surface area contributed by atoms with Crippen LogP contribution in [0, 0.1) is 0 Å². The molecule has 0 bridgehead atoms. The van der Waals surface area contributed by atoms with Crippen LogP contribution in [0.1, 0.15) is 47.0 Å². The van der Waals surface area contributed by atoms with Gasteiger partial charge in [-0.2, -0.15) is 0 Å². The van der Waals surface area contributed by atoms with E-state index in [1.807, 2.05) is 24.3 Å². The Bertz CT molecular complexity index is 864. The molecule has 28 heavy (non-hydrogen) atoms. The minimum atomic E-state index is -0.648. The van der Waals surface area contributed by atoms with Crippen molar-refractivity contribution in [2.24, 2.45) is 7.05 Å². The maximum absolute atomic E-state index is 12.1. The number of amides is 1. The minimum Gasteiger partial charge on any atom is -0.451 e. The molecule has 0 saturated carbocycles. The van der Waals surface area contributed by atoms with E-state index in [4.69, 9.17) is 4.74 Å². The maximum Gasteiger partial charge on any atom is 0.355 e. The summed E-state index contributed by atoms with van der Waals surface area (Å²) >= 11 is 0. The van der Waals surface area contributed by atoms with Crippen LogP contribution in [0.15, 0.2) is 36.5 Å². The lowest BCUT2D eigenvalue weighted by Gasteiger charge is -2.28. The van der Waals surface area contributed by atoms with E-state index in [1.54, 1.807) is 13.2 Å². The number of ketones is 1. The van der Waals surface area contributed by atoms with E-state index in [0.717, 1.165) is 18.8 Å². The van der Waals surface area contributed by atoms with Crippen molar-refractivity contribution in [2.45, 2.75) is 26.2 Å².